The minimum Gasteiger partial charge on any atom is -0.455 e. The molecule has 3 heteroatoms. The van der Waals surface area contributed by atoms with Crippen LogP contribution in [0.3, 0.4) is 0 Å². The van der Waals surface area contributed by atoms with Crippen LogP contribution >= 0.6 is 0 Å². The SMILES string of the molecule is c1ccc(-c2ccc(-c3ccc(C4c5c(c6ccccc6c6ccccc56)Oc5c4c4ccccc4c4ccccc54)cc3)c(-c3ccccc3)c2)cc1.c1ccc(-c2ccccc2-c2ccc(C3c4c(c5ccccc5c5ccccc45)Oc4c3c3ccccc3c3ccccc43)cc2)cc1.c1ccc2c(-c3ccc(C4c5c(c6ccccc6c6ccccc56)Oc5c4c4ccccc4c4ccccc54)cc3)cccc2c1. The Morgan fingerprint density at radius 2 is 0.291 bits per heavy atom. The predicted octanol–water partition coefficient (Wildman–Crippen LogP) is 39.9. The van der Waals surface area contributed by atoms with E-state index in [1.54, 1.807) is 0 Å². The molecule has 28 aromatic rings. The van der Waals surface area contributed by atoms with Gasteiger partial charge in [-0.05, 0) is 197 Å². The van der Waals surface area contributed by atoms with Crippen molar-refractivity contribution in [2.75, 3.05) is 0 Å². The molecule has 3 heterocycles. The lowest BCUT2D eigenvalue weighted by Crippen LogP contribution is -2.14. The molecule has 0 spiro atoms. The molecule has 28 aromatic carbocycles. The second-order valence-corrected chi connectivity index (χ2v) is 39.4. The molecular formula is C145H92O3. The van der Waals surface area contributed by atoms with Crippen molar-refractivity contribution in [2.45, 2.75) is 17.8 Å². The smallest absolute Gasteiger partial charge is 0.140 e. The van der Waals surface area contributed by atoms with Crippen molar-refractivity contribution in [2.24, 2.45) is 0 Å². The summed E-state index contributed by atoms with van der Waals surface area (Å²) in [5.41, 5.74) is 25.8. The molecule has 0 unspecified atom stereocenters. The van der Waals surface area contributed by atoms with E-state index in [1.165, 1.54) is 225 Å². The number of hydrogen-bond acceptors (Lipinski definition) is 3. The summed E-state index contributed by atoms with van der Waals surface area (Å²) in [6.45, 7) is 0. The maximum absolute atomic E-state index is 7.28. The van der Waals surface area contributed by atoms with Gasteiger partial charge in [-0.15, -0.1) is 0 Å². The highest BCUT2D eigenvalue weighted by molar-refractivity contribution is 6.22. The Labute approximate surface area is 857 Å². The minimum absolute atomic E-state index is 0.0238. The van der Waals surface area contributed by atoms with Crippen LogP contribution in [0, 0.1) is 0 Å². The zero-order valence-corrected chi connectivity index (χ0v) is 80.8. The maximum atomic E-state index is 7.28. The fourth-order valence-corrected chi connectivity index (χ4v) is 25.0. The van der Waals surface area contributed by atoms with E-state index in [0.29, 0.717) is 0 Å². The molecule has 0 aliphatic carbocycles. The Morgan fingerprint density at radius 3 is 0.574 bits per heavy atom. The number of ether oxygens (including phenoxy) is 3. The van der Waals surface area contributed by atoms with Gasteiger partial charge in [-0.1, -0.05) is 534 Å². The molecule has 0 saturated carbocycles. The molecule has 0 N–H and O–H groups in total. The molecule has 0 saturated heterocycles. The zero-order valence-electron chi connectivity index (χ0n) is 80.8. The Kier molecular flexibility index (Phi) is 20.6. The highest BCUT2D eigenvalue weighted by Crippen LogP contribution is 2.63. The summed E-state index contributed by atoms with van der Waals surface area (Å²) in [5.74, 6) is 5.63. The van der Waals surface area contributed by atoms with Crippen molar-refractivity contribution >= 4 is 140 Å². The number of benzene rings is 28. The molecule has 31 rings (SSSR count). The van der Waals surface area contributed by atoms with Crippen molar-refractivity contribution in [3.05, 3.63) is 590 Å². The van der Waals surface area contributed by atoms with Crippen LogP contribution in [0.1, 0.15) is 67.8 Å². The molecule has 3 nitrogen and oxygen atoms in total. The Balaban J connectivity index is 0.000000105. The lowest BCUT2D eigenvalue weighted by atomic mass is 9.76. The third-order valence-electron chi connectivity index (χ3n) is 31.6. The summed E-state index contributed by atoms with van der Waals surface area (Å²) < 4.78 is 21.7. The van der Waals surface area contributed by atoms with E-state index in [-0.39, 0.29) is 17.8 Å². The third-order valence-corrected chi connectivity index (χ3v) is 31.6. The van der Waals surface area contributed by atoms with Gasteiger partial charge in [-0.2, -0.15) is 0 Å². The zero-order chi connectivity index (χ0) is 97.4. The monoisotopic (exact) mass is 1880 g/mol. The average molecular weight is 1880 g/mol. The quantitative estimate of drug-likeness (QED) is 0.135. The number of fused-ring (bicyclic) bond motifs is 37. The maximum Gasteiger partial charge on any atom is 0.140 e. The van der Waals surface area contributed by atoms with Gasteiger partial charge in [0.15, 0.2) is 0 Å². The highest BCUT2D eigenvalue weighted by atomic mass is 16.5. The van der Waals surface area contributed by atoms with Crippen molar-refractivity contribution in [1.82, 2.24) is 0 Å². The normalized spacial score (nSPS) is 12.7. The van der Waals surface area contributed by atoms with Crippen molar-refractivity contribution < 1.29 is 14.2 Å². The molecule has 0 radical (unpaired) electrons. The molecule has 148 heavy (non-hydrogen) atoms. The Bertz CT molecular complexity index is 9880. The van der Waals surface area contributed by atoms with E-state index in [9.17, 15) is 0 Å². The third kappa shape index (κ3) is 13.9. The lowest BCUT2D eigenvalue weighted by Gasteiger charge is -2.33. The predicted molar refractivity (Wildman–Crippen MR) is 621 cm³/mol. The Morgan fingerprint density at radius 1 is 0.108 bits per heavy atom. The van der Waals surface area contributed by atoms with Crippen molar-refractivity contribution in [1.29, 1.82) is 0 Å². The minimum atomic E-state index is -0.0594. The van der Waals surface area contributed by atoms with E-state index in [4.69, 9.17) is 14.2 Å². The van der Waals surface area contributed by atoms with Gasteiger partial charge in [-0.25, -0.2) is 0 Å². The standard InChI is InChI=1S/C53H34O.C47H30O.C45H28O/c1-3-15-34(16-4-1)38-31-32-39(48(33-38)35-17-5-2-6-18-35)36-27-29-37(30-28-36)49-50-44-23-11-7-19-40(44)42-21-9-13-25-46(42)52(50)54-53-47-26-14-10-22-43(47)41-20-8-12-24-45(41)51(49)53;1-2-14-30(15-3-1)33-16-4-5-17-34(33)31-26-28-32(29-27-31)43-44-39-22-10-6-18-35(39)37-20-8-12-24-41(37)46(44)48-47-42-25-13-9-21-38(42)36-19-7-11-23-40(36)45(43)47;1-2-14-31-28(12-1)13-11-23-32(31)29-24-26-30(27-25-29)41-42-37-19-7-3-15-33(37)35-17-5-9-21-39(35)44(42)46-45-40-22-10-6-18-36(40)34-16-4-8-20-38(34)43(41)45/h1-33,49H;1-29,43H;1-27,41H. The van der Waals surface area contributed by atoms with Crippen LogP contribution in [0.4, 0.5) is 0 Å². The summed E-state index contributed by atoms with van der Waals surface area (Å²) in [6, 6.07) is 196. The van der Waals surface area contributed by atoms with Crippen LogP contribution in [0.2, 0.25) is 0 Å². The van der Waals surface area contributed by atoms with Gasteiger partial charge < -0.3 is 14.2 Å². The summed E-state index contributed by atoms with van der Waals surface area (Å²) in [7, 11) is 0. The fourth-order valence-electron chi connectivity index (χ4n) is 25.0. The summed E-state index contributed by atoms with van der Waals surface area (Å²) >= 11 is 0. The van der Waals surface area contributed by atoms with Crippen LogP contribution in [0.25, 0.3) is 207 Å². The van der Waals surface area contributed by atoms with E-state index in [0.717, 1.165) is 66.8 Å². The van der Waals surface area contributed by atoms with Crippen molar-refractivity contribution in [3.8, 4) is 101 Å². The topological polar surface area (TPSA) is 27.7 Å². The first kappa shape index (κ1) is 85.7. The molecule has 0 bridgehead atoms. The average Bonchev–Trinajstić information content (AvgIpc) is 0.705. The second kappa shape index (κ2) is 35.5. The van der Waals surface area contributed by atoms with E-state index < -0.39 is 0 Å². The molecule has 0 aromatic heterocycles. The molecule has 0 fully saturated rings. The van der Waals surface area contributed by atoms with Gasteiger partial charge in [-0.3, -0.25) is 0 Å². The lowest BCUT2D eigenvalue weighted by molar-refractivity contribution is 0.467. The van der Waals surface area contributed by atoms with Crippen LogP contribution in [0.15, 0.2) is 540 Å². The molecule has 690 valence electrons. The molecule has 0 amide bonds. The summed E-state index contributed by atoms with van der Waals surface area (Å²) in [6.07, 6.45) is 0. The number of rotatable bonds is 9. The van der Waals surface area contributed by atoms with Crippen LogP contribution < -0.4 is 14.2 Å². The number of hydrogen-bond donors (Lipinski definition) is 0. The van der Waals surface area contributed by atoms with Gasteiger partial charge in [0, 0.05) is 83.5 Å². The summed E-state index contributed by atoms with van der Waals surface area (Å²) in [4.78, 5) is 0. The fraction of sp³-hybridized carbons (Fsp3) is 0.0207. The van der Waals surface area contributed by atoms with Gasteiger partial charge in [0.1, 0.15) is 34.5 Å². The highest BCUT2D eigenvalue weighted by Gasteiger charge is 2.40. The molecule has 0 atom stereocenters. The first-order chi connectivity index (χ1) is 73.5. The molecular weight excluding hydrogens is 1790 g/mol. The van der Waals surface area contributed by atoms with Crippen LogP contribution in [-0.2, 0) is 0 Å². The van der Waals surface area contributed by atoms with E-state index in [2.05, 4.69) is 540 Å². The second-order valence-electron chi connectivity index (χ2n) is 39.4. The van der Waals surface area contributed by atoms with Gasteiger partial charge >= 0.3 is 0 Å². The van der Waals surface area contributed by atoms with Crippen LogP contribution in [0.5, 0.6) is 34.5 Å². The van der Waals surface area contributed by atoms with Gasteiger partial charge in [0.05, 0.1) is 0 Å². The van der Waals surface area contributed by atoms with Gasteiger partial charge in [0.2, 0.25) is 0 Å². The Hall–Kier alpha value is -19.1. The molecule has 3 aliphatic heterocycles. The summed E-state index contributed by atoms with van der Waals surface area (Å²) in [5, 5.41) is 31.6. The van der Waals surface area contributed by atoms with Crippen LogP contribution in [-0.4, -0.2) is 0 Å². The molecule has 3 aliphatic rings. The van der Waals surface area contributed by atoms with E-state index >= 15 is 0 Å². The van der Waals surface area contributed by atoms with E-state index in [1.807, 2.05) is 0 Å². The first-order valence-electron chi connectivity index (χ1n) is 51.3. The first-order valence-corrected chi connectivity index (χ1v) is 51.3. The van der Waals surface area contributed by atoms with Crippen molar-refractivity contribution in [3.63, 3.8) is 0 Å². The largest absolute Gasteiger partial charge is 0.455 e. The van der Waals surface area contributed by atoms with Gasteiger partial charge in [0.25, 0.3) is 0 Å².